The van der Waals surface area contributed by atoms with Gasteiger partial charge < -0.3 is 10.3 Å². The Morgan fingerprint density at radius 3 is 2.64 bits per heavy atom. The number of rotatable bonds is 3. The third kappa shape index (κ3) is 3.18. The Labute approximate surface area is 122 Å². The number of H-pyrrole nitrogens is 2. The van der Waals surface area contributed by atoms with Gasteiger partial charge in [-0.1, -0.05) is 0 Å². The molecule has 0 aliphatic heterocycles. The van der Waals surface area contributed by atoms with E-state index in [2.05, 4.69) is 15.4 Å². The lowest BCUT2D eigenvalue weighted by molar-refractivity contribution is -0.141. The zero-order chi connectivity index (χ0) is 16.5. The van der Waals surface area contributed by atoms with Gasteiger partial charge in [0.2, 0.25) is 0 Å². The average molecular weight is 314 g/mol. The standard InChI is InChI=1S/C13H13F3N4O2/c1-6-3-7(2)19-12(22)8(6)4-17-11(21)9-5-18-20-10(9)13(14,15)16/h3,5H,4H2,1-2H3,(H,17,21)(H,18,20)(H,19,22). The lowest BCUT2D eigenvalue weighted by atomic mass is 10.1. The SMILES string of the molecule is Cc1cc(C)c(CNC(=O)c2cn[nH]c2C(F)(F)F)c(=O)[nH]1. The van der Waals surface area contributed by atoms with Gasteiger partial charge in [-0.05, 0) is 25.5 Å². The van der Waals surface area contributed by atoms with Gasteiger partial charge in [0.25, 0.3) is 11.5 Å². The molecule has 118 valence electrons. The maximum Gasteiger partial charge on any atom is 0.433 e. The highest BCUT2D eigenvalue weighted by Crippen LogP contribution is 2.29. The topological polar surface area (TPSA) is 90.6 Å². The largest absolute Gasteiger partial charge is 0.433 e. The van der Waals surface area contributed by atoms with Crippen molar-refractivity contribution in [3.05, 3.63) is 50.7 Å². The van der Waals surface area contributed by atoms with Gasteiger partial charge in [-0.25, -0.2) is 0 Å². The van der Waals surface area contributed by atoms with Crippen LogP contribution in [0.2, 0.25) is 0 Å². The molecule has 22 heavy (non-hydrogen) atoms. The smallest absolute Gasteiger partial charge is 0.348 e. The highest BCUT2D eigenvalue weighted by atomic mass is 19.4. The Bertz CT molecular complexity index is 761. The van der Waals surface area contributed by atoms with E-state index in [9.17, 15) is 22.8 Å². The van der Waals surface area contributed by atoms with E-state index in [1.807, 2.05) is 0 Å². The quantitative estimate of drug-likeness (QED) is 0.805. The van der Waals surface area contributed by atoms with Crippen molar-refractivity contribution in [1.29, 1.82) is 0 Å². The molecule has 0 aromatic carbocycles. The zero-order valence-electron chi connectivity index (χ0n) is 11.8. The highest BCUT2D eigenvalue weighted by molar-refractivity contribution is 5.95. The van der Waals surface area contributed by atoms with E-state index in [-0.39, 0.29) is 17.7 Å². The molecule has 2 heterocycles. The van der Waals surface area contributed by atoms with E-state index in [0.717, 1.165) is 6.20 Å². The number of aryl methyl sites for hydroxylation is 2. The predicted octanol–water partition coefficient (Wildman–Crippen LogP) is 1.66. The Kier molecular flexibility index (Phi) is 4.07. The minimum absolute atomic E-state index is 0.178. The molecule has 0 unspecified atom stereocenters. The second kappa shape index (κ2) is 5.66. The summed E-state index contributed by atoms with van der Waals surface area (Å²) in [5.74, 6) is -0.958. The van der Waals surface area contributed by atoms with Crippen molar-refractivity contribution >= 4 is 5.91 Å². The fourth-order valence-electron chi connectivity index (χ4n) is 2.04. The number of halogens is 3. The summed E-state index contributed by atoms with van der Waals surface area (Å²) in [6, 6.07) is 1.71. The summed E-state index contributed by atoms with van der Waals surface area (Å²) in [7, 11) is 0. The summed E-state index contributed by atoms with van der Waals surface area (Å²) in [5, 5.41) is 7.28. The van der Waals surface area contributed by atoms with Crippen LogP contribution in [0.15, 0.2) is 17.1 Å². The van der Waals surface area contributed by atoms with Gasteiger partial charge in [0.15, 0.2) is 5.69 Å². The number of alkyl halides is 3. The average Bonchev–Trinajstić information content (AvgIpc) is 2.86. The Morgan fingerprint density at radius 1 is 1.36 bits per heavy atom. The Hall–Kier alpha value is -2.58. The second-order valence-corrected chi connectivity index (χ2v) is 4.78. The monoisotopic (exact) mass is 314 g/mol. The fourth-order valence-corrected chi connectivity index (χ4v) is 2.04. The molecule has 2 aromatic heterocycles. The summed E-state index contributed by atoms with van der Waals surface area (Å²) in [6.07, 6.45) is -3.91. The van der Waals surface area contributed by atoms with Crippen LogP contribution in [-0.2, 0) is 12.7 Å². The fraction of sp³-hybridized carbons (Fsp3) is 0.308. The number of amides is 1. The van der Waals surface area contributed by atoms with Crippen molar-refractivity contribution in [1.82, 2.24) is 20.5 Å². The van der Waals surface area contributed by atoms with E-state index in [1.54, 1.807) is 25.0 Å². The van der Waals surface area contributed by atoms with E-state index in [0.29, 0.717) is 11.3 Å². The summed E-state index contributed by atoms with van der Waals surface area (Å²) < 4.78 is 38.0. The number of hydrogen-bond donors (Lipinski definition) is 3. The Balaban J connectivity index is 2.18. The van der Waals surface area contributed by atoms with Gasteiger partial charge in [0, 0.05) is 17.8 Å². The van der Waals surface area contributed by atoms with Crippen molar-refractivity contribution in [3.63, 3.8) is 0 Å². The van der Waals surface area contributed by atoms with E-state index in [1.165, 1.54) is 0 Å². The van der Waals surface area contributed by atoms with Crippen LogP contribution in [0, 0.1) is 13.8 Å². The molecule has 0 fully saturated rings. The van der Waals surface area contributed by atoms with Crippen LogP contribution in [0.3, 0.4) is 0 Å². The first kappa shape index (κ1) is 15.8. The predicted molar refractivity (Wildman–Crippen MR) is 71.3 cm³/mol. The first-order valence-electron chi connectivity index (χ1n) is 6.28. The number of carbonyl (C=O) groups excluding carboxylic acids is 1. The van der Waals surface area contributed by atoms with Gasteiger partial charge in [0.1, 0.15) is 0 Å². The molecule has 0 aliphatic rings. The molecule has 9 heteroatoms. The van der Waals surface area contributed by atoms with Gasteiger partial charge in [-0.2, -0.15) is 18.3 Å². The van der Waals surface area contributed by atoms with Crippen LogP contribution in [0.5, 0.6) is 0 Å². The first-order chi connectivity index (χ1) is 10.2. The van der Waals surface area contributed by atoms with Crippen molar-refractivity contribution in [2.45, 2.75) is 26.6 Å². The van der Waals surface area contributed by atoms with Crippen LogP contribution in [0.1, 0.15) is 32.9 Å². The molecule has 3 N–H and O–H groups in total. The number of nitrogens with zero attached hydrogens (tertiary/aromatic N) is 1. The summed E-state index contributed by atoms with van der Waals surface area (Å²) in [5.41, 5.74) is -0.637. The Morgan fingerprint density at radius 2 is 2.05 bits per heavy atom. The van der Waals surface area contributed by atoms with E-state index >= 15 is 0 Å². The number of pyridine rings is 1. The van der Waals surface area contributed by atoms with Gasteiger partial charge in [0.05, 0.1) is 11.8 Å². The molecule has 1 amide bonds. The lowest BCUT2D eigenvalue weighted by Crippen LogP contribution is -2.29. The van der Waals surface area contributed by atoms with Crippen LogP contribution in [-0.4, -0.2) is 21.1 Å². The maximum absolute atomic E-state index is 12.7. The van der Waals surface area contributed by atoms with E-state index in [4.69, 9.17) is 0 Å². The molecule has 0 saturated heterocycles. The van der Waals surface area contributed by atoms with Crippen LogP contribution < -0.4 is 10.9 Å². The number of carbonyl (C=O) groups is 1. The molecular weight excluding hydrogens is 301 g/mol. The molecule has 0 radical (unpaired) electrons. The number of aromatic nitrogens is 3. The third-order valence-electron chi connectivity index (χ3n) is 3.09. The van der Waals surface area contributed by atoms with Crippen LogP contribution in [0.25, 0.3) is 0 Å². The van der Waals surface area contributed by atoms with Crippen LogP contribution >= 0.6 is 0 Å². The minimum Gasteiger partial charge on any atom is -0.348 e. The molecule has 0 bridgehead atoms. The molecule has 0 saturated carbocycles. The number of aromatic amines is 2. The molecular formula is C13H13F3N4O2. The summed E-state index contributed by atoms with van der Waals surface area (Å²) in [4.78, 5) is 26.2. The van der Waals surface area contributed by atoms with Gasteiger partial charge in [-0.3, -0.25) is 14.7 Å². The van der Waals surface area contributed by atoms with Crippen molar-refractivity contribution in [2.75, 3.05) is 0 Å². The zero-order valence-corrected chi connectivity index (χ0v) is 11.8. The highest BCUT2D eigenvalue weighted by Gasteiger charge is 2.37. The summed E-state index contributed by atoms with van der Waals surface area (Å²) in [6.45, 7) is 3.21. The third-order valence-corrected chi connectivity index (χ3v) is 3.09. The molecule has 0 spiro atoms. The van der Waals surface area contributed by atoms with Crippen LogP contribution in [0.4, 0.5) is 13.2 Å². The lowest BCUT2D eigenvalue weighted by Gasteiger charge is -2.09. The molecule has 0 atom stereocenters. The minimum atomic E-state index is -4.71. The summed E-state index contributed by atoms with van der Waals surface area (Å²) >= 11 is 0. The van der Waals surface area contributed by atoms with Crippen molar-refractivity contribution < 1.29 is 18.0 Å². The van der Waals surface area contributed by atoms with Gasteiger partial charge >= 0.3 is 6.18 Å². The van der Waals surface area contributed by atoms with Gasteiger partial charge in [-0.15, -0.1) is 0 Å². The molecule has 0 aliphatic carbocycles. The first-order valence-corrected chi connectivity index (χ1v) is 6.28. The molecule has 2 rings (SSSR count). The van der Waals surface area contributed by atoms with Crippen molar-refractivity contribution in [2.24, 2.45) is 0 Å². The second-order valence-electron chi connectivity index (χ2n) is 4.78. The number of nitrogens with one attached hydrogen (secondary N) is 3. The molecule has 2 aromatic rings. The van der Waals surface area contributed by atoms with Crippen molar-refractivity contribution in [3.8, 4) is 0 Å². The number of hydrogen-bond acceptors (Lipinski definition) is 3. The normalized spacial score (nSPS) is 11.5. The molecule has 6 nitrogen and oxygen atoms in total. The maximum atomic E-state index is 12.7. The van der Waals surface area contributed by atoms with E-state index < -0.39 is 23.3 Å².